The highest BCUT2D eigenvalue weighted by atomic mass is 16.2. The van der Waals surface area contributed by atoms with E-state index in [9.17, 15) is 4.79 Å². The summed E-state index contributed by atoms with van der Waals surface area (Å²) in [5.74, 6) is 0.591. The van der Waals surface area contributed by atoms with E-state index >= 15 is 0 Å². The highest BCUT2D eigenvalue weighted by Crippen LogP contribution is 2.18. The standard InChI is InChI=1S/C14H28N2O/c1-4-6-10-16(11-7-5-2)14(17)13-8-9-15-12(13)3/h12-13,15H,4-11H2,1-3H3. The monoisotopic (exact) mass is 240 g/mol. The Hall–Kier alpha value is -0.570. The molecule has 1 rings (SSSR count). The molecule has 1 amide bonds. The van der Waals surface area contributed by atoms with Gasteiger partial charge in [0.05, 0.1) is 5.92 Å². The van der Waals surface area contributed by atoms with Crippen molar-refractivity contribution < 1.29 is 4.79 Å². The number of carbonyl (C=O) groups excluding carboxylic acids is 1. The molecule has 0 aliphatic carbocycles. The van der Waals surface area contributed by atoms with E-state index in [1.54, 1.807) is 0 Å². The van der Waals surface area contributed by atoms with Crippen molar-refractivity contribution >= 4 is 5.91 Å². The van der Waals surface area contributed by atoms with Crippen molar-refractivity contribution in [3.05, 3.63) is 0 Å². The molecule has 0 radical (unpaired) electrons. The number of nitrogens with zero attached hydrogens (tertiary/aromatic N) is 1. The van der Waals surface area contributed by atoms with E-state index in [-0.39, 0.29) is 5.92 Å². The van der Waals surface area contributed by atoms with E-state index in [1.165, 1.54) is 0 Å². The first-order valence-electron chi connectivity index (χ1n) is 7.22. The maximum absolute atomic E-state index is 12.5. The fourth-order valence-corrected chi connectivity index (χ4v) is 2.46. The van der Waals surface area contributed by atoms with Crippen LogP contribution in [0.15, 0.2) is 0 Å². The fourth-order valence-electron chi connectivity index (χ4n) is 2.46. The summed E-state index contributed by atoms with van der Waals surface area (Å²) in [6.45, 7) is 9.38. The number of hydrogen-bond donors (Lipinski definition) is 1. The van der Waals surface area contributed by atoms with Gasteiger partial charge >= 0.3 is 0 Å². The molecule has 2 unspecified atom stereocenters. The third kappa shape index (κ3) is 4.30. The Kier molecular flexibility index (Phi) is 6.56. The van der Waals surface area contributed by atoms with E-state index in [0.717, 1.165) is 51.7 Å². The maximum atomic E-state index is 12.5. The Morgan fingerprint density at radius 3 is 2.24 bits per heavy atom. The molecule has 17 heavy (non-hydrogen) atoms. The Labute approximate surface area is 106 Å². The van der Waals surface area contributed by atoms with Crippen LogP contribution in [-0.2, 0) is 4.79 Å². The lowest BCUT2D eigenvalue weighted by molar-refractivity contribution is -0.135. The molecule has 1 aliphatic rings. The van der Waals surface area contributed by atoms with Gasteiger partial charge in [-0.3, -0.25) is 4.79 Å². The Morgan fingerprint density at radius 2 is 1.82 bits per heavy atom. The van der Waals surface area contributed by atoms with E-state index in [4.69, 9.17) is 0 Å². The van der Waals surface area contributed by atoms with Crippen molar-refractivity contribution in [2.45, 2.75) is 58.9 Å². The molecule has 1 heterocycles. The van der Waals surface area contributed by atoms with Crippen molar-refractivity contribution in [1.29, 1.82) is 0 Å². The summed E-state index contributed by atoms with van der Waals surface area (Å²) in [5, 5.41) is 3.37. The molecule has 3 heteroatoms. The van der Waals surface area contributed by atoms with Gasteiger partial charge in [-0.15, -0.1) is 0 Å². The lowest BCUT2D eigenvalue weighted by atomic mass is 10.00. The highest BCUT2D eigenvalue weighted by molar-refractivity contribution is 5.79. The van der Waals surface area contributed by atoms with Gasteiger partial charge in [0.1, 0.15) is 0 Å². The molecule has 0 saturated carbocycles. The van der Waals surface area contributed by atoms with Crippen LogP contribution in [0.2, 0.25) is 0 Å². The van der Waals surface area contributed by atoms with Gasteiger partial charge in [0.25, 0.3) is 0 Å². The molecular formula is C14H28N2O. The van der Waals surface area contributed by atoms with Crippen molar-refractivity contribution in [2.24, 2.45) is 5.92 Å². The van der Waals surface area contributed by atoms with Crippen LogP contribution < -0.4 is 5.32 Å². The van der Waals surface area contributed by atoms with Crippen LogP contribution in [0.4, 0.5) is 0 Å². The first-order valence-corrected chi connectivity index (χ1v) is 7.22. The highest BCUT2D eigenvalue weighted by Gasteiger charge is 2.32. The van der Waals surface area contributed by atoms with E-state index in [2.05, 4.69) is 31.0 Å². The zero-order valence-corrected chi connectivity index (χ0v) is 11.7. The van der Waals surface area contributed by atoms with E-state index < -0.39 is 0 Å². The minimum absolute atomic E-state index is 0.212. The Morgan fingerprint density at radius 1 is 1.24 bits per heavy atom. The fraction of sp³-hybridized carbons (Fsp3) is 0.929. The van der Waals surface area contributed by atoms with Crippen LogP contribution in [0.5, 0.6) is 0 Å². The average molecular weight is 240 g/mol. The number of unbranched alkanes of at least 4 members (excludes halogenated alkanes) is 2. The minimum atomic E-state index is 0.212. The lowest BCUT2D eigenvalue weighted by Gasteiger charge is -2.27. The molecule has 100 valence electrons. The second kappa shape index (κ2) is 7.70. The largest absolute Gasteiger partial charge is 0.342 e. The van der Waals surface area contributed by atoms with Crippen molar-refractivity contribution in [3.8, 4) is 0 Å². The van der Waals surface area contributed by atoms with Crippen molar-refractivity contribution in [1.82, 2.24) is 10.2 Å². The molecule has 1 aliphatic heterocycles. The number of amides is 1. The summed E-state index contributed by atoms with van der Waals surface area (Å²) in [6, 6.07) is 0.355. The molecule has 0 aromatic heterocycles. The van der Waals surface area contributed by atoms with Gasteiger partial charge in [0.15, 0.2) is 0 Å². The van der Waals surface area contributed by atoms with Gasteiger partial charge in [0, 0.05) is 19.1 Å². The summed E-state index contributed by atoms with van der Waals surface area (Å²) in [5.41, 5.74) is 0. The molecule has 1 saturated heterocycles. The summed E-state index contributed by atoms with van der Waals surface area (Å²) in [6.07, 6.45) is 5.59. The topological polar surface area (TPSA) is 32.3 Å². The van der Waals surface area contributed by atoms with Crippen LogP contribution in [0, 0.1) is 5.92 Å². The Bertz CT molecular complexity index is 222. The van der Waals surface area contributed by atoms with Crippen LogP contribution in [0.1, 0.15) is 52.9 Å². The number of rotatable bonds is 7. The minimum Gasteiger partial charge on any atom is -0.342 e. The normalized spacial score (nSPS) is 23.9. The number of carbonyl (C=O) groups is 1. The zero-order chi connectivity index (χ0) is 12.7. The maximum Gasteiger partial charge on any atom is 0.227 e. The van der Waals surface area contributed by atoms with Crippen molar-refractivity contribution in [2.75, 3.05) is 19.6 Å². The van der Waals surface area contributed by atoms with Gasteiger partial charge in [-0.1, -0.05) is 26.7 Å². The molecule has 1 fully saturated rings. The van der Waals surface area contributed by atoms with E-state index in [0.29, 0.717) is 11.9 Å². The predicted octanol–water partition coefficient (Wildman–Crippen LogP) is 2.41. The smallest absolute Gasteiger partial charge is 0.227 e. The van der Waals surface area contributed by atoms with Crippen LogP contribution >= 0.6 is 0 Å². The summed E-state index contributed by atoms with van der Waals surface area (Å²) < 4.78 is 0. The second-order valence-corrected chi connectivity index (χ2v) is 5.17. The Balaban J connectivity index is 2.51. The first-order chi connectivity index (χ1) is 8.20. The molecule has 0 aromatic carbocycles. The summed E-state index contributed by atoms with van der Waals surface area (Å²) in [7, 11) is 0. The van der Waals surface area contributed by atoms with Crippen LogP contribution in [-0.4, -0.2) is 36.5 Å². The number of nitrogens with one attached hydrogen (secondary N) is 1. The molecule has 0 aromatic rings. The zero-order valence-electron chi connectivity index (χ0n) is 11.7. The quantitative estimate of drug-likeness (QED) is 0.741. The SMILES string of the molecule is CCCCN(CCCC)C(=O)C1CCNC1C. The van der Waals surface area contributed by atoms with Crippen LogP contribution in [0.3, 0.4) is 0 Å². The average Bonchev–Trinajstić information content (AvgIpc) is 2.75. The molecule has 0 spiro atoms. The van der Waals surface area contributed by atoms with E-state index in [1.807, 2.05) is 0 Å². The molecule has 0 bridgehead atoms. The van der Waals surface area contributed by atoms with Gasteiger partial charge in [-0.25, -0.2) is 0 Å². The molecule has 3 nitrogen and oxygen atoms in total. The third-order valence-electron chi connectivity index (χ3n) is 3.72. The molecular weight excluding hydrogens is 212 g/mol. The number of hydrogen-bond acceptors (Lipinski definition) is 2. The first kappa shape index (κ1) is 14.5. The van der Waals surface area contributed by atoms with Gasteiger partial charge in [-0.2, -0.15) is 0 Å². The van der Waals surface area contributed by atoms with Gasteiger partial charge in [-0.05, 0) is 32.7 Å². The molecule has 1 N–H and O–H groups in total. The van der Waals surface area contributed by atoms with Gasteiger partial charge in [0.2, 0.25) is 5.91 Å². The summed E-state index contributed by atoms with van der Waals surface area (Å²) >= 11 is 0. The molecule has 2 atom stereocenters. The van der Waals surface area contributed by atoms with Crippen molar-refractivity contribution in [3.63, 3.8) is 0 Å². The van der Waals surface area contributed by atoms with Crippen LogP contribution in [0.25, 0.3) is 0 Å². The third-order valence-corrected chi connectivity index (χ3v) is 3.72. The summed E-state index contributed by atoms with van der Waals surface area (Å²) in [4.78, 5) is 14.6. The second-order valence-electron chi connectivity index (χ2n) is 5.17. The van der Waals surface area contributed by atoms with Gasteiger partial charge < -0.3 is 10.2 Å². The predicted molar refractivity (Wildman–Crippen MR) is 72.0 cm³/mol. The lowest BCUT2D eigenvalue weighted by Crippen LogP contribution is -2.41.